The van der Waals surface area contributed by atoms with Gasteiger partial charge in [0.2, 0.25) is 5.91 Å². The number of carbonyl (C=O) groups is 3. The first-order valence-electron chi connectivity index (χ1n) is 12.1. The second-order valence-electron chi connectivity index (χ2n) is 9.59. The van der Waals surface area contributed by atoms with Crippen LogP contribution in [0.15, 0.2) is 30.5 Å². The number of primary amides is 1. The van der Waals surface area contributed by atoms with Crippen molar-refractivity contribution in [3.8, 4) is 0 Å². The molecule has 3 amide bonds. The third-order valence-electron chi connectivity index (χ3n) is 7.10. The number of halogens is 1. The topological polar surface area (TPSA) is 109 Å². The van der Waals surface area contributed by atoms with Gasteiger partial charge in [-0.3, -0.25) is 24.3 Å². The van der Waals surface area contributed by atoms with Crippen molar-refractivity contribution in [3.63, 3.8) is 0 Å². The average Bonchev–Trinajstić information content (AvgIpc) is 3.37. The van der Waals surface area contributed by atoms with E-state index >= 15 is 0 Å². The van der Waals surface area contributed by atoms with Crippen LogP contribution in [0.5, 0.6) is 0 Å². The van der Waals surface area contributed by atoms with E-state index in [1.54, 1.807) is 6.07 Å². The molecular weight excluding hydrogens is 466 g/mol. The Morgan fingerprint density at radius 3 is 2.54 bits per heavy atom. The third kappa shape index (κ3) is 5.82. The lowest BCUT2D eigenvalue weighted by atomic mass is 10.0. The first-order valence-corrected chi connectivity index (χ1v) is 12.5. The summed E-state index contributed by atoms with van der Waals surface area (Å²) >= 11 is 6.40. The monoisotopic (exact) mass is 497 g/mol. The number of amides is 3. The Kier molecular flexibility index (Phi) is 7.72. The van der Waals surface area contributed by atoms with Crippen LogP contribution in [0.2, 0.25) is 5.02 Å². The molecule has 35 heavy (non-hydrogen) atoms. The molecule has 186 valence electrons. The molecule has 1 unspecified atom stereocenters. The van der Waals surface area contributed by atoms with Crippen LogP contribution >= 0.6 is 11.6 Å². The second-order valence-corrected chi connectivity index (χ2v) is 10.0. The van der Waals surface area contributed by atoms with Crippen LogP contribution in [0.1, 0.15) is 64.6 Å². The number of benzene rings is 1. The number of nitrogens with zero attached hydrogens (tertiary/aromatic N) is 3. The Bertz CT molecular complexity index is 1110. The largest absolute Gasteiger partial charge is 0.364 e. The average molecular weight is 498 g/mol. The molecule has 1 saturated carbocycles. The third-order valence-corrected chi connectivity index (χ3v) is 7.32. The van der Waals surface area contributed by atoms with Gasteiger partial charge in [0.15, 0.2) is 0 Å². The minimum Gasteiger partial charge on any atom is -0.364 e. The summed E-state index contributed by atoms with van der Waals surface area (Å²) in [5.74, 6) is -0.479. The normalized spacial score (nSPS) is 19.1. The van der Waals surface area contributed by atoms with Crippen LogP contribution in [0.4, 0.5) is 5.69 Å². The fraction of sp³-hybridized carbons (Fsp3) is 0.462. The predicted octanol–water partition coefficient (Wildman–Crippen LogP) is 3.62. The second kappa shape index (κ2) is 10.7. The highest BCUT2D eigenvalue weighted by atomic mass is 35.5. The van der Waals surface area contributed by atoms with Crippen molar-refractivity contribution >= 4 is 35.0 Å². The molecule has 3 N–H and O–H groups in total. The Hall–Kier alpha value is -2.97. The van der Waals surface area contributed by atoms with Crippen molar-refractivity contribution in [1.29, 1.82) is 0 Å². The number of rotatable bonds is 6. The van der Waals surface area contributed by atoms with Gasteiger partial charge in [-0.2, -0.15) is 0 Å². The Labute approximate surface area is 210 Å². The van der Waals surface area contributed by atoms with E-state index in [2.05, 4.69) is 27.0 Å². The Morgan fingerprint density at radius 2 is 1.91 bits per heavy atom. The number of anilines is 1. The molecule has 9 heteroatoms. The molecule has 2 aliphatic rings. The van der Waals surface area contributed by atoms with E-state index in [1.807, 2.05) is 13.0 Å². The zero-order chi connectivity index (χ0) is 25.1. The van der Waals surface area contributed by atoms with E-state index in [-0.39, 0.29) is 23.6 Å². The van der Waals surface area contributed by atoms with Crippen molar-refractivity contribution in [2.24, 2.45) is 11.7 Å². The summed E-state index contributed by atoms with van der Waals surface area (Å²) in [7, 11) is 0. The minimum absolute atomic E-state index is 0.0991. The van der Waals surface area contributed by atoms with Crippen molar-refractivity contribution in [2.75, 3.05) is 25.0 Å². The van der Waals surface area contributed by atoms with Gasteiger partial charge in [-0.1, -0.05) is 24.4 Å². The molecule has 1 atom stereocenters. The van der Waals surface area contributed by atoms with Gasteiger partial charge in [0, 0.05) is 55.0 Å². The number of carbonyl (C=O) groups excluding carboxylic acids is 3. The smallest absolute Gasteiger partial charge is 0.267 e. The van der Waals surface area contributed by atoms with Gasteiger partial charge in [0.1, 0.15) is 5.69 Å². The molecule has 0 radical (unpaired) electrons. The van der Waals surface area contributed by atoms with Gasteiger partial charge in [-0.05, 0) is 62.1 Å². The summed E-state index contributed by atoms with van der Waals surface area (Å²) in [6.45, 7) is 7.08. The zero-order valence-electron chi connectivity index (χ0n) is 20.2. The predicted molar refractivity (Wildman–Crippen MR) is 135 cm³/mol. The maximum absolute atomic E-state index is 12.9. The Balaban J connectivity index is 1.42. The van der Waals surface area contributed by atoms with Crippen LogP contribution in [0.25, 0.3) is 0 Å². The van der Waals surface area contributed by atoms with Crippen molar-refractivity contribution in [1.82, 2.24) is 14.8 Å². The first-order chi connectivity index (χ1) is 16.7. The molecule has 2 aromatic rings. The van der Waals surface area contributed by atoms with Gasteiger partial charge in [0.25, 0.3) is 11.8 Å². The van der Waals surface area contributed by atoms with E-state index in [9.17, 15) is 14.4 Å². The van der Waals surface area contributed by atoms with E-state index in [0.717, 1.165) is 56.4 Å². The highest BCUT2D eigenvalue weighted by Gasteiger charge is 2.33. The minimum atomic E-state index is -0.648. The molecule has 8 nitrogen and oxygen atoms in total. The summed E-state index contributed by atoms with van der Waals surface area (Å²) in [5.41, 5.74) is 8.21. The quantitative estimate of drug-likeness (QED) is 0.633. The summed E-state index contributed by atoms with van der Waals surface area (Å²) in [5, 5.41) is 3.44. The maximum atomic E-state index is 12.9. The lowest BCUT2D eigenvalue weighted by Gasteiger charge is -2.41. The summed E-state index contributed by atoms with van der Waals surface area (Å²) in [4.78, 5) is 45.2. The summed E-state index contributed by atoms with van der Waals surface area (Å²) in [6, 6.07) is 6.75. The van der Waals surface area contributed by atoms with Gasteiger partial charge in [-0.15, -0.1) is 0 Å². The molecule has 1 aliphatic heterocycles. The van der Waals surface area contributed by atoms with Crippen LogP contribution in [-0.2, 0) is 11.3 Å². The highest BCUT2D eigenvalue weighted by molar-refractivity contribution is 6.31. The number of nitrogens with two attached hydrogens (primary N) is 1. The number of nitrogens with one attached hydrogen (secondary N) is 1. The van der Waals surface area contributed by atoms with Gasteiger partial charge >= 0.3 is 0 Å². The number of hydrogen-bond donors (Lipinski definition) is 2. The molecule has 1 saturated heterocycles. The standard InChI is InChI=1S/C26H32ClN5O3/c1-16-14-31(9-10-32(16)26(35)18-5-3-4-6-18)15-20-11-21(27)12-23(17(20)2)30-25(34)19-7-8-22(24(28)33)29-13-19/h7-8,11-13,16,18H,3-6,9-10,14-15H2,1-2H3,(H2,28,33)(H,30,34). The lowest BCUT2D eigenvalue weighted by molar-refractivity contribution is -0.140. The molecule has 1 aromatic carbocycles. The van der Waals surface area contributed by atoms with Crippen LogP contribution in [-0.4, -0.2) is 58.2 Å². The van der Waals surface area contributed by atoms with E-state index in [4.69, 9.17) is 17.3 Å². The Morgan fingerprint density at radius 1 is 1.17 bits per heavy atom. The molecule has 0 bridgehead atoms. The zero-order valence-corrected chi connectivity index (χ0v) is 21.0. The van der Waals surface area contributed by atoms with Crippen LogP contribution in [0, 0.1) is 12.8 Å². The number of piperazine rings is 1. The fourth-order valence-corrected chi connectivity index (χ4v) is 5.29. The van der Waals surface area contributed by atoms with Crippen molar-refractivity contribution in [3.05, 3.63) is 57.9 Å². The summed E-state index contributed by atoms with van der Waals surface area (Å²) in [6.07, 6.45) is 5.68. The van der Waals surface area contributed by atoms with E-state index in [0.29, 0.717) is 28.7 Å². The van der Waals surface area contributed by atoms with Crippen LogP contribution in [0.3, 0.4) is 0 Å². The van der Waals surface area contributed by atoms with Crippen molar-refractivity contribution < 1.29 is 14.4 Å². The molecule has 1 aromatic heterocycles. The summed E-state index contributed by atoms with van der Waals surface area (Å²) < 4.78 is 0. The number of pyridine rings is 1. The SMILES string of the molecule is Cc1c(CN2CCN(C(=O)C3CCCC3)C(C)C2)cc(Cl)cc1NC(=O)c1ccc(C(N)=O)nc1. The molecule has 0 spiro atoms. The van der Waals surface area contributed by atoms with Gasteiger partial charge < -0.3 is 16.0 Å². The van der Waals surface area contributed by atoms with Gasteiger partial charge in [-0.25, -0.2) is 0 Å². The molecule has 1 aliphatic carbocycles. The first kappa shape index (κ1) is 25.1. The molecular formula is C26H32ClN5O3. The van der Waals surface area contributed by atoms with Crippen LogP contribution < -0.4 is 11.1 Å². The highest BCUT2D eigenvalue weighted by Crippen LogP contribution is 2.30. The molecule has 2 heterocycles. The lowest BCUT2D eigenvalue weighted by Crippen LogP contribution is -2.54. The molecule has 2 fully saturated rings. The van der Waals surface area contributed by atoms with E-state index < -0.39 is 5.91 Å². The molecule has 4 rings (SSSR count). The fourth-order valence-electron chi connectivity index (χ4n) is 5.05. The van der Waals surface area contributed by atoms with Gasteiger partial charge in [0.05, 0.1) is 5.56 Å². The maximum Gasteiger partial charge on any atom is 0.267 e. The number of aromatic nitrogens is 1. The number of hydrogen-bond acceptors (Lipinski definition) is 5. The van der Waals surface area contributed by atoms with E-state index in [1.165, 1.54) is 18.3 Å². The van der Waals surface area contributed by atoms with Crippen molar-refractivity contribution in [2.45, 2.75) is 52.1 Å².